The van der Waals surface area contributed by atoms with E-state index in [9.17, 15) is 9.59 Å². The van der Waals surface area contributed by atoms with E-state index in [4.69, 9.17) is 5.11 Å². The molecule has 2 rings (SSSR count). The molecule has 7 nitrogen and oxygen atoms in total. The van der Waals surface area contributed by atoms with Crippen molar-refractivity contribution in [1.82, 2.24) is 14.6 Å². The second kappa shape index (κ2) is 4.66. The molecule has 0 aromatic carbocycles. The van der Waals surface area contributed by atoms with E-state index in [1.807, 2.05) is 0 Å². The van der Waals surface area contributed by atoms with Gasteiger partial charge < -0.3 is 10.4 Å². The summed E-state index contributed by atoms with van der Waals surface area (Å²) >= 11 is 0.924. The summed E-state index contributed by atoms with van der Waals surface area (Å²) < 4.78 is 3.54. The molecule has 0 saturated heterocycles. The number of carboxylic acids is 1. The normalized spacial score (nSPS) is 9.88. The van der Waals surface area contributed by atoms with Crippen molar-refractivity contribution in [3.63, 3.8) is 0 Å². The number of nitrogens with zero attached hydrogens (tertiary/aromatic N) is 3. The fourth-order valence-corrected chi connectivity index (χ4v) is 1.54. The number of aromatic nitrogens is 3. The molecule has 0 aliphatic heterocycles. The van der Waals surface area contributed by atoms with Crippen molar-refractivity contribution in [3.05, 3.63) is 35.1 Å². The molecule has 2 aromatic heterocycles. The van der Waals surface area contributed by atoms with Gasteiger partial charge in [-0.25, -0.2) is 4.79 Å². The molecule has 0 unspecified atom stereocenters. The van der Waals surface area contributed by atoms with Crippen LogP contribution in [-0.2, 0) is 0 Å². The number of hydrogen-bond acceptors (Lipinski definition) is 6. The molecule has 0 saturated carbocycles. The van der Waals surface area contributed by atoms with E-state index < -0.39 is 11.9 Å². The van der Waals surface area contributed by atoms with Crippen LogP contribution in [0.15, 0.2) is 24.7 Å². The molecule has 0 bridgehead atoms. The molecule has 0 aliphatic rings. The van der Waals surface area contributed by atoms with Gasteiger partial charge in [0.15, 0.2) is 0 Å². The summed E-state index contributed by atoms with van der Waals surface area (Å²) in [6.45, 7) is 0. The largest absolute Gasteiger partial charge is 0.478 e. The van der Waals surface area contributed by atoms with E-state index >= 15 is 0 Å². The van der Waals surface area contributed by atoms with Crippen LogP contribution < -0.4 is 5.32 Å². The maximum Gasteiger partial charge on any atom is 0.337 e. The molecule has 0 fully saturated rings. The summed E-state index contributed by atoms with van der Waals surface area (Å²) in [5, 5.41) is 14.9. The summed E-state index contributed by atoms with van der Waals surface area (Å²) in [6, 6.07) is 1.31. The predicted octanol–water partition coefficient (Wildman–Crippen LogP) is 0.884. The Morgan fingerprint density at radius 3 is 2.82 bits per heavy atom. The fourth-order valence-electron chi connectivity index (χ4n) is 1.13. The summed E-state index contributed by atoms with van der Waals surface area (Å²) in [4.78, 5) is 26.6. The first-order valence-electron chi connectivity index (χ1n) is 4.44. The van der Waals surface area contributed by atoms with Crippen molar-refractivity contribution in [3.8, 4) is 0 Å². The lowest BCUT2D eigenvalue weighted by molar-refractivity contribution is 0.0698. The highest BCUT2D eigenvalue weighted by Gasteiger charge is 2.14. The Morgan fingerprint density at radius 1 is 1.35 bits per heavy atom. The van der Waals surface area contributed by atoms with Gasteiger partial charge in [-0.2, -0.15) is 0 Å². The zero-order valence-corrected chi connectivity index (χ0v) is 9.14. The number of hydrogen-bond donors (Lipinski definition) is 2. The molecule has 8 heteroatoms. The van der Waals surface area contributed by atoms with Gasteiger partial charge in [-0.15, -0.1) is 5.10 Å². The first kappa shape index (κ1) is 11.1. The Labute approximate surface area is 99.3 Å². The van der Waals surface area contributed by atoms with Gasteiger partial charge in [-0.3, -0.25) is 9.78 Å². The second-order valence-corrected chi connectivity index (χ2v) is 3.75. The van der Waals surface area contributed by atoms with Crippen molar-refractivity contribution in [2.75, 3.05) is 5.32 Å². The lowest BCUT2D eigenvalue weighted by Gasteiger charge is -2.05. The lowest BCUT2D eigenvalue weighted by atomic mass is 10.2. The quantitative estimate of drug-likeness (QED) is 0.837. The van der Waals surface area contributed by atoms with E-state index in [2.05, 4.69) is 19.9 Å². The van der Waals surface area contributed by atoms with Crippen LogP contribution in [0.5, 0.6) is 0 Å². The zero-order chi connectivity index (χ0) is 12.3. The monoisotopic (exact) mass is 250 g/mol. The van der Waals surface area contributed by atoms with Gasteiger partial charge in [0.1, 0.15) is 4.88 Å². The number of pyridine rings is 1. The van der Waals surface area contributed by atoms with Crippen LogP contribution in [0, 0.1) is 0 Å². The van der Waals surface area contributed by atoms with Gasteiger partial charge >= 0.3 is 5.97 Å². The fraction of sp³-hybridized carbons (Fsp3) is 0. The van der Waals surface area contributed by atoms with E-state index in [0.29, 0.717) is 4.88 Å². The average Bonchev–Trinajstić information content (AvgIpc) is 2.83. The van der Waals surface area contributed by atoms with Gasteiger partial charge in [0.05, 0.1) is 23.6 Å². The van der Waals surface area contributed by atoms with Crippen LogP contribution in [0.3, 0.4) is 0 Å². The topological polar surface area (TPSA) is 105 Å². The Kier molecular flexibility index (Phi) is 3.06. The molecule has 2 heterocycles. The maximum atomic E-state index is 11.6. The number of aromatic carboxylic acids is 1. The summed E-state index contributed by atoms with van der Waals surface area (Å²) in [7, 11) is 0. The average molecular weight is 250 g/mol. The third-order valence-electron chi connectivity index (χ3n) is 1.88. The van der Waals surface area contributed by atoms with Crippen molar-refractivity contribution in [2.24, 2.45) is 0 Å². The van der Waals surface area contributed by atoms with Crippen LogP contribution in [0.4, 0.5) is 5.69 Å². The Balaban J connectivity index is 2.25. The molecule has 2 N–H and O–H groups in total. The minimum absolute atomic E-state index is 0.0224. The smallest absolute Gasteiger partial charge is 0.337 e. The van der Waals surface area contributed by atoms with E-state index in [1.165, 1.54) is 24.7 Å². The minimum Gasteiger partial charge on any atom is -0.478 e. The molecule has 0 radical (unpaired) electrons. The first-order valence-corrected chi connectivity index (χ1v) is 5.22. The van der Waals surface area contributed by atoms with Crippen LogP contribution >= 0.6 is 11.5 Å². The highest BCUT2D eigenvalue weighted by atomic mass is 32.1. The lowest BCUT2D eigenvalue weighted by Crippen LogP contribution is -2.13. The second-order valence-electron chi connectivity index (χ2n) is 2.96. The van der Waals surface area contributed by atoms with Crippen molar-refractivity contribution in [2.45, 2.75) is 0 Å². The molecule has 2 aromatic rings. The Hall–Kier alpha value is -2.35. The van der Waals surface area contributed by atoms with Gasteiger partial charge in [-0.1, -0.05) is 4.49 Å². The molecular formula is C9H6N4O3S. The SMILES string of the molecule is O=C(Nc1cnccc1C(=O)O)c1cnns1. The number of carboxylic acid groups (broad SMARTS) is 1. The van der Waals surface area contributed by atoms with Crippen LogP contribution in [0.1, 0.15) is 20.0 Å². The van der Waals surface area contributed by atoms with Gasteiger partial charge in [0.25, 0.3) is 5.91 Å². The van der Waals surface area contributed by atoms with Gasteiger partial charge in [0, 0.05) is 6.20 Å². The molecule has 17 heavy (non-hydrogen) atoms. The van der Waals surface area contributed by atoms with Crippen molar-refractivity contribution >= 4 is 29.1 Å². The van der Waals surface area contributed by atoms with E-state index in [-0.39, 0.29) is 11.3 Å². The molecule has 86 valence electrons. The number of anilines is 1. The maximum absolute atomic E-state index is 11.6. The number of nitrogens with one attached hydrogen (secondary N) is 1. The van der Waals surface area contributed by atoms with E-state index in [1.54, 1.807) is 0 Å². The first-order chi connectivity index (χ1) is 8.18. The number of rotatable bonds is 3. The molecule has 0 spiro atoms. The highest BCUT2D eigenvalue weighted by Crippen LogP contribution is 2.15. The minimum atomic E-state index is -1.13. The van der Waals surface area contributed by atoms with Crippen LogP contribution in [0.2, 0.25) is 0 Å². The van der Waals surface area contributed by atoms with Crippen molar-refractivity contribution in [1.29, 1.82) is 0 Å². The zero-order valence-electron chi connectivity index (χ0n) is 8.32. The molecular weight excluding hydrogens is 244 g/mol. The summed E-state index contributed by atoms with van der Waals surface area (Å²) in [5.41, 5.74) is 0.115. The van der Waals surface area contributed by atoms with E-state index in [0.717, 1.165) is 11.5 Å². The third-order valence-corrected chi connectivity index (χ3v) is 2.55. The number of carbonyl (C=O) groups is 2. The van der Waals surface area contributed by atoms with Gasteiger partial charge in [0.2, 0.25) is 0 Å². The Bertz CT molecular complexity index is 555. The highest BCUT2D eigenvalue weighted by molar-refractivity contribution is 7.07. The third kappa shape index (κ3) is 2.42. The Morgan fingerprint density at radius 2 is 2.18 bits per heavy atom. The van der Waals surface area contributed by atoms with Crippen molar-refractivity contribution < 1.29 is 14.7 Å². The standard InChI is InChI=1S/C9H6N4O3S/c14-8(7-4-11-13-17-7)12-6-3-10-2-1-5(6)9(15)16/h1-4H,(H,12,14)(H,15,16). The number of amides is 1. The summed E-state index contributed by atoms with van der Waals surface area (Å²) in [5.74, 6) is -1.60. The predicted molar refractivity (Wildman–Crippen MR) is 59.1 cm³/mol. The van der Waals surface area contributed by atoms with Crippen LogP contribution in [0.25, 0.3) is 0 Å². The van der Waals surface area contributed by atoms with Gasteiger partial charge in [-0.05, 0) is 17.6 Å². The molecule has 1 amide bonds. The number of carbonyl (C=O) groups excluding carboxylic acids is 1. The molecule has 0 atom stereocenters. The van der Waals surface area contributed by atoms with Crippen LogP contribution in [-0.4, -0.2) is 31.6 Å². The molecule has 0 aliphatic carbocycles. The summed E-state index contributed by atoms with van der Waals surface area (Å²) in [6.07, 6.45) is 3.92.